The highest BCUT2D eigenvalue weighted by Gasteiger charge is 2.15. The molecule has 0 saturated carbocycles. The van der Waals surface area contributed by atoms with Crippen LogP contribution in [-0.2, 0) is 0 Å². The molecule has 0 saturated heterocycles. The minimum Gasteiger partial charge on any atom is -0.246 e. The van der Waals surface area contributed by atoms with E-state index in [1.165, 1.54) is 43.5 Å². The van der Waals surface area contributed by atoms with E-state index >= 15 is 0 Å². The highest BCUT2D eigenvalue weighted by atomic mass is 79.9. The summed E-state index contributed by atoms with van der Waals surface area (Å²) in [6.07, 6.45) is 6.61. The van der Waals surface area contributed by atoms with Crippen molar-refractivity contribution in [2.45, 2.75) is 18.7 Å². The van der Waals surface area contributed by atoms with Crippen LogP contribution in [0.1, 0.15) is 19.4 Å². The van der Waals surface area contributed by atoms with Gasteiger partial charge < -0.3 is 0 Å². The molecule has 0 aliphatic carbocycles. The summed E-state index contributed by atoms with van der Waals surface area (Å²) in [7, 11) is 0. The molecule has 1 aromatic heterocycles. The lowest BCUT2D eigenvalue weighted by Crippen LogP contribution is -1.94. The van der Waals surface area contributed by atoms with Crippen LogP contribution in [0.2, 0.25) is 0 Å². The third-order valence-corrected chi connectivity index (χ3v) is 6.01. The molecule has 0 fully saturated rings. The van der Waals surface area contributed by atoms with E-state index in [1.807, 2.05) is 0 Å². The fraction of sp³-hybridized carbons (Fsp3) is 0.107. The molecule has 1 heterocycles. The Balaban J connectivity index is 2.01. The molecule has 146 valence electrons. The fourth-order valence-corrected chi connectivity index (χ4v) is 4.44. The Morgan fingerprint density at radius 3 is 1.80 bits per heavy atom. The number of allylic oxidation sites excluding steroid dienone is 4. The molecule has 0 bridgehead atoms. The number of hydrogen-bond donors (Lipinski definition) is 0. The van der Waals surface area contributed by atoms with Gasteiger partial charge in [-0.3, -0.25) is 0 Å². The molecule has 4 aromatic carbocycles. The summed E-state index contributed by atoms with van der Waals surface area (Å²) in [4.78, 5) is 5.56. The Morgan fingerprint density at radius 1 is 0.767 bits per heavy atom. The molecule has 1 unspecified atom stereocenters. The maximum Gasteiger partial charge on any atom is 0.0794 e. The molecule has 1 atom stereocenters. The minimum atomic E-state index is 0.313. The van der Waals surface area contributed by atoms with Gasteiger partial charge in [0, 0.05) is 31.9 Å². The number of nitrogens with zero attached hydrogens (tertiary/aromatic N) is 1. The number of hydrogen-bond acceptors (Lipinski definition) is 1. The van der Waals surface area contributed by atoms with Crippen molar-refractivity contribution < 1.29 is 0 Å². The lowest BCUT2D eigenvalue weighted by atomic mass is 9.92. The van der Waals surface area contributed by atoms with Crippen molar-refractivity contribution in [1.29, 1.82) is 0 Å². The number of halogens is 1. The van der Waals surface area contributed by atoms with Crippen LogP contribution in [0.5, 0.6) is 0 Å². The Hall–Kier alpha value is -2.97. The van der Waals surface area contributed by atoms with Crippen molar-refractivity contribution in [3.05, 3.63) is 96.6 Å². The van der Waals surface area contributed by atoms with Crippen molar-refractivity contribution in [2.24, 2.45) is 0 Å². The molecule has 2 heteroatoms. The Labute approximate surface area is 184 Å². The first kappa shape index (κ1) is 19.0. The van der Waals surface area contributed by atoms with Gasteiger partial charge in [-0.25, -0.2) is 4.98 Å². The first-order valence-electron chi connectivity index (χ1n) is 10.3. The van der Waals surface area contributed by atoms with E-state index in [2.05, 4.69) is 121 Å². The number of aromatic nitrogens is 1. The summed E-state index contributed by atoms with van der Waals surface area (Å²) < 4.78 is 0. The lowest BCUT2D eigenvalue weighted by Gasteiger charge is -2.15. The molecular formula is C28H22BrN. The van der Waals surface area contributed by atoms with Crippen LogP contribution >= 0.6 is 15.9 Å². The van der Waals surface area contributed by atoms with Gasteiger partial charge in [0.25, 0.3) is 0 Å². The SMILES string of the molecule is C/C=C(\C=C/C(C)Br)c1c2ccc3ccccc3c2nc2c1ccc1ccccc12. The van der Waals surface area contributed by atoms with E-state index < -0.39 is 0 Å². The van der Waals surface area contributed by atoms with Crippen LogP contribution in [0.25, 0.3) is 48.9 Å². The number of pyridine rings is 1. The fourth-order valence-electron chi connectivity index (χ4n) is 4.28. The molecule has 0 aliphatic heterocycles. The first-order chi connectivity index (χ1) is 14.7. The number of benzene rings is 4. The van der Waals surface area contributed by atoms with Gasteiger partial charge in [0.05, 0.1) is 11.0 Å². The molecule has 30 heavy (non-hydrogen) atoms. The van der Waals surface area contributed by atoms with Crippen LogP contribution in [0.4, 0.5) is 0 Å². The molecule has 1 nitrogen and oxygen atoms in total. The second kappa shape index (κ2) is 7.70. The second-order valence-electron chi connectivity index (χ2n) is 7.63. The van der Waals surface area contributed by atoms with Gasteiger partial charge in [0.2, 0.25) is 0 Å². The zero-order valence-electron chi connectivity index (χ0n) is 17.1. The molecule has 5 rings (SSSR count). The third-order valence-electron chi connectivity index (χ3n) is 5.70. The lowest BCUT2D eigenvalue weighted by molar-refractivity contribution is 1.28. The van der Waals surface area contributed by atoms with Crippen LogP contribution < -0.4 is 0 Å². The van der Waals surface area contributed by atoms with Gasteiger partial charge >= 0.3 is 0 Å². The quantitative estimate of drug-likeness (QED) is 0.116. The summed E-state index contributed by atoms with van der Waals surface area (Å²) >= 11 is 3.64. The molecule has 0 spiro atoms. The van der Waals surface area contributed by atoms with E-state index in [0.717, 1.165) is 11.0 Å². The summed E-state index contributed by atoms with van der Waals surface area (Å²) in [6, 6.07) is 25.9. The topological polar surface area (TPSA) is 12.9 Å². The Kier molecular flexibility index (Phi) is 4.88. The molecule has 0 radical (unpaired) electrons. The van der Waals surface area contributed by atoms with Gasteiger partial charge in [0.1, 0.15) is 0 Å². The zero-order valence-corrected chi connectivity index (χ0v) is 18.6. The monoisotopic (exact) mass is 451 g/mol. The standard InChI is InChI=1S/C28H22BrN/c1-3-19(13-12-18(2)29)26-24-16-14-20-8-4-6-10-22(20)27(24)30-28-23-11-7-5-9-21(23)15-17-25(26)28/h3-18H,1-2H3/b13-12-,19-3+. The van der Waals surface area contributed by atoms with Gasteiger partial charge in [-0.2, -0.15) is 0 Å². The van der Waals surface area contributed by atoms with E-state index in [0.29, 0.717) is 4.83 Å². The van der Waals surface area contributed by atoms with Crippen molar-refractivity contribution in [2.75, 3.05) is 0 Å². The third kappa shape index (κ3) is 3.12. The number of fused-ring (bicyclic) bond motifs is 6. The minimum absolute atomic E-state index is 0.313. The molecule has 5 aromatic rings. The average Bonchev–Trinajstić information content (AvgIpc) is 2.78. The molecule has 0 N–H and O–H groups in total. The van der Waals surface area contributed by atoms with Gasteiger partial charge in [-0.15, -0.1) is 0 Å². The van der Waals surface area contributed by atoms with Crippen molar-refractivity contribution in [1.82, 2.24) is 4.98 Å². The largest absolute Gasteiger partial charge is 0.246 e. The van der Waals surface area contributed by atoms with E-state index in [1.54, 1.807) is 0 Å². The highest BCUT2D eigenvalue weighted by Crippen LogP contribution is 2.38. The first-order valence-corrected chi connectivity index (χ1v) is 11.2. The second-order valence-corrected chi connectivity index (χ2v) is 9.08. The number of alkyl halides is 1. The van der Waals surface area contributed by atoms with E-state index in [-0.39, 0.29) is 0 Å². The van der Waals surface area contributed by atoms with E-state index in [4.69, 9.17) is 4.98 Å². The predicted octanol–water partition coefficient (Wildman–Crippen LogP) is 8.44. The summed E-state index contributed by atoms with van der Waals surface area (Å²) in [6.45, 7) is 4.24. The van der Waals surface area contributed by atoms with Crippen LogP contribution in [-0.4, -0.2) is 9.81 Å². The molecule has 0 amide bonds. The Morgan fingerprint density at radius 2 is 1.30 bits per heavy atom. The normalized spacial score (nSPS) is 13.8. The van der Waals surface area contributed by atoms with Crippen molar-refractivity contribution in [3.8, 4) is 0 Å². The van der Waals surface area contributed by atoms with Crippen LogP contribution in [0.15, 0.2) is 91.0 Å². The smallest absolute Gasteiger partial charge is 0.0794 e. The predicted molar refractivity (Wildman–Crippen MR) is 135 cm³/mol. The highest BCUT2D eigenvalue weighted by molar-refractivity contribution is 9.09. The summed E-state index contributed by atoms with van der Waals surface area (Å²) in [5.74, 6) is 0. The number of rotatable bonds is 3. The maximum atomic E-state index is 5.25. The van der Waals surface area contributed by atoms with Crippen LogP contribution in [0, 0.1) is 0 Å². The van der Waals surface area contributed by atoms with Crippen LogP contribution in [0.3, 0.4) is 0 Å². The summed E-state index contributed by atoms with van der Waals surface area (Å²) in [5.41, 5.74) is 4.58. The zero-order chi connectivity index (χ0) is 20.7. The van der Waals surface area contributed by atoms with Gasteiger partial charge in [-0.05, 0) is 30.2 Å². The van der Waals surface area contributed by atoms with Crippen molar-refractivity contribution in [3.63, 3.8) is 0 Å². The Bertz CT molecular complexity index is 1380. The van der Waals surface area contributed by atoms with Gasteiger partial charge in [-0.1, -0.05) is 107 Å². The van der Waals surface area contributed by atoms with Gasteiger partial charge in [0.15, 0.2) is 0 Å². The maximum absolute atomic E-state index is 5.25. The molecular weight excluding hydrogens is 430 g/mol. The average molecular weight is 452 g/mol. The van der Waals surface area contributed by atoms with E-state index in [9.17, 15) is 0 Å². The molecule has 0 aliphatic rings. The summed E-state index contributed by atoms with van der Waals surface area (Å²) in [5, 5.41) is 7.20. The van der Waals surface area contributed by atoms with Crippen molar-refractivity contribution >= 4 is 64.9 Å².